The average molecular weight is 289 g/mol. The topological polar surface area (TPSA) is 26.3 Å². The fourth-order valence-corrected chi connectivity index (χ4v) is 2.14. The van der Waals surface area contributed by atoms with Gasteiger partial charge in [0.25, 0.3) is 0 Å². The highest BCUT2D eigenvalue weighted by Gasteiger charge is 2.08. The first-order valence-corrected chi connectivity index (χ1v) is 6.69. The van der Waals surface area contributed by atoms with Crippen LogP contribution < -0.4 is 4.74 Å². The number of rotatable bonds is 5. The van der Waals surface area contributed by atoms with Crippen LogP contribution in [0, 0.1) is 0 Å². The van der Waals surface area contributed by atoms with Gasteiger partial charge in [-0.05, 0) is 24.5 Å². The van der Waals surface area contributed by atoms with Crippen molar-refractivity contribution in [1.29, 1.82) is 0 Å². The number of hydrogen-bond acceptors (Lipinski definition) is 3. The smallest absolute Gasteiger partial charge is 0.147 e. The predicted molar refractivity (Wildman–Crippen MR) is 67.8 cm³/mol. The lowest BCUT2D eigenvalue weighted by Crippen LogP contribution is -2.06. The molecular formula is C11H13BrO2S. The van der Waals surface area contributed by atoms with Crippen molar-refractivity contribution in [3.8, 4) is 5.75 Å². The third-order valence-corrected chi connectivity index (χ3v) is 3.04. The molecule has 1 aromatic rings. The van der Waals surface area contributed by atoms with Crippen LogP contribution in [-0.2, 0) is 11.2 Å². The molecule has 0 N–H and O–H groups in total. The number of carbonyl (C=O) groups is 1. The second kappa shape index (κ2) is 6.18. The third kappa shape index (κ3) is 3.87. The van der Waals surface area contributed by atoms with E-state index in [2.05, 4.69) is 15.9 Å². The summed E-state index contributed by atoms with van der Waals surface area (Å²) in [5.74, 6) is 1.54. The minimum Gasteiger partial charge on any atom is -0.496 e. The standard InChI is InChI=1S/C11H13BrO2S/c1-14-11-4-3-9(12)5-8(11)6-10(13)7-15-2/h3-5H,6-7H2,1-2H3. The zero-order valence-corrected chi connectivity index (χ0v) is 11.2. The van der Waals surface area contributed by atoms with E-state index < -0.39 is 0 Å². The van der Waals surface area contributed by atoms with Gasteiger partial charge >= 0.3 is 0 Å². The van der Waals surface area contributed by atoms with Crippen molar-refractivity contribution in [2.24, 2.45) is 0 Å². The number of benzene rings is 1. The number of halogens is 1. The van der Waals surface area contributed by atoms with Crippen LogP contribution >= 0.6 is 27.7 Å². The van der Waals surface area contributed by atoms with Crippen LogP contribution in [-0.4, -0.2) is 24.9 Å². The van der Waals surface area contributed by atoms with Crippen LogP contribution in [0.5, 0.6) is 5.75 Å². The lowest BCUT2D eigenvalue weighted by Gasteiger charge is -2.07. The van der Waals surface area contributed by atoms with Crippen LogP contribution in [0.3, 0.4) is 0 Å². The van der Waals surface area contributed by atoms with E-state index in [-0.39, 0.29) is 5.78 Å². The first-order chi connectivity index (χ1) is 7.17. The molecule has 0 radical (unpaired) electrons. The number of ketones is 1. The Morgan fingerprint density at radius 3 is 2.87 bits per heavy atom. The maximum atomic E-state index is 11.5. The van der Waals surface area contributed by atoms with Crippen molar-refractivity contribution in [1.82, 2.24) is 0 Å². The monoisotopic (exact) mass is 288 g/mol. The molecule has 15 heavy (non-hydrogen) atoms. The second-order valence-electron chi connectivity index (χ2n) is 3.10. The molecule has 0 aliphatic rings. The first kappa shape index (κ1) is 12.6. The molecule has 0 aliphatic heterocycles. The molecule has 82 valence electrons. The Morgan fingerprint density at radius 1 is 1.53 bits per heavy atom. The zero-order valence-electron chi connectivity index (χ0n) is 8.75. The fourth-order valence-electron chi connectivity index (χ4n) is 1.31. The highest BCUT2D eigenvalue weighted by molar-refractivity contribution is 9.10. The molecule has 1 rings (SSSR count). The molecule has 0 aromatic heterocycles. The number of ether oxygens (including phenoxy) is 1. The van der Waals surface area contributed by atoms with E-state index in [1.807, 2.05) is 24.5 Å². The molecule has 0 fully saturated rings. The van der Waals surface area contributed by atoms with Gasteiger partial charge in [-0.15, -0.1) is 0 Å². The molecule has 0 aliphatic carbocycles. The summed E-state index contributed by atoms with van der Waals surface area (Å²) < 4.78 is 6.17. The summed E-state index contributed by atoms with van der Waals surface area (Å²) in [6, 6.07) is 5.70. The van der Waals surface area contributed by atoms with Crippen LogP contribution in [0.15, 0.2) is 22.7 Å². The zero-order chi connectivity index (χ0) is 11.3. The Kier molecular flexibility index (Phi) is 5.19. The summed E-state index contributed by atoms with van der Waals surface area (Å²) >= 11 is 4.93. The number of methoxy groups -OCH3 is 1. The summed E-state index contributed by atoms with van der Waals surface area (Å²) in [6.07, 6.45) is 2.36. The molecule has 0 atom stereocenters. The molecule has 0 amide bonds. The van der Waals surface area contributed by atoms with Crippen LogP contribution in [0.1, 0.15) is 5.56 Å². The summed E-state index contributed by atoms with van der Waals surface area (Å²) in [7, 11) is 1.62. The number of thioether (sulfide) groups is 1. The van der Waals surface area contributed by atoms with Gasteiger partial charge in [-0.2, -0.15) is 11.8 Å². The molecule has 0 saturated carbocycles. The average Bonchev–Trinajstić information content (AvgIpc) is 2.18. The van der Waals surface area contributed by atoms with Crippen molar-refractivity contribution in [2.45, 2.75) is 6.42 Å². The van der Waals surface area contributed by atoms with E-state index in [0.717, 1.165) is 15.8 Å². The SMILES string of the molecule is COc1ccc(Br)cc1CC(=O)CSC. The minimum absolute atomic E-state index is 0.221. The normalized spacial score (nSPS) is 10.1. The molecule has 0 spiro atoms. The van der Waals surface area contributed by atoms with Crippen molar-refractivity contribution < 1.29 is 9.53 Å². The second-order valence-corrected chi connectivity index (χ2v) is 4.89. The van der Waals surface area contributed by atoms with Crippen molar-refractivity contribution >= 4 is 33.5 Å². The summed E-state index contributed by atoms with van der Waals surface area (Å²) in [5, 5.41) is 0. The quantitative estimate of drug-likeness (QED) is 0.833. The third-order valence-electron chi connectivity index (χ3n) is 1.94. The maximum absolute atomic E-state index is 11.5. The highest BCUT2D eigenvalue weighted by atomic mass is 79.9. The Hall–Kier alpha value is -0.480. The Balaban J connectivity index is 2.82. The van der Waals surface area contributed by atoms with Crippen molar-refractivity contribution in [3.63, 3.8) is 0 Å². The Bertz CT molecular complexity index is 352. The van der Waals surface area contributed by atoms with E-state index in [4.69, 9.17) is 4.74 Å². The number of carbonyl (C=O) groups excluding carboxylic acids is 1. The van der Waals surface area contributed by atoms with Crippen LogP contribution in [0.25, 0.3) is 0 Å². The fraction of sp³-hybridized carbons (Fsp3) is 0.364. The summed E-state index contributed by atoms with van der Waals surface area (Å²) in [5.41, 5.74) is 0.936. The van der Waals surface area contributed by atoms with E-state index in [9.17, 15) is 4.79 Å². The van der Waals surface area contributed by atoms with Gasteiger partial charge in [0.15, 0.2) is 0 Å². The first-order valence-electron chi connectivity index (χ1n) is 4.50. The van der Waals surface area contributed by atoms with Gasteiger partial charge in [-0.1, -0.05) is 15.9 Å². The molecule has 0 unspecified atom stereocenters. The van der Waals surface area contributed by atoms with Crippen LogP contribution in [0.4, 0.5) is 0 Å². The van der Waals surface area contributed by atoms with Gasteiger partial charge in [-0.25, -0.2) is 0 Å². The molecular weight excluding hydrogens is 276 g/mol. The van der Waals surface area contributed by atoms with E-state index in [0.29, 0.717) is 12.2 Å². The van der Waals surface area contributed by atoms with Crippen molar-refractivity contribution in [3.05, 3.63) is 28.2 Å². The van der Waals surface area contributed by atoms with Gasteiger partial charge in [0.2, 0.25) is 0 Å². The highest BCUT2D eigenvalue weighted by Crippen LogP contribution is 2.23. The minimum atomic E-state index is 0.221. The molecule has 2 nitrogen and oxygen atoms in total. The maximum Gasteiger partial charge on any atom is 0.147 e. The van der Waals surface area contributed by atoms with E-state index in [1.165, 1.54) is 0 Å². The van der Waals surface area contributed by atoms with Gasteiger partial charge in [-0.3, -0.25) is 4.79 Å². The van der Waals surface area contributed by atoms with Gasteiger partial charge in [0.1, 0.15) is 11.5 Å². The van der Waals surface area contributed by atoms with Gasteiger partial charge in [0, 0.05) is 16.5 Å². The molecule has 0 saturated heterocycles. The van der Waals surface area contributed by atoms with Gasteiger partial charge in [0.05, 0.1) is 12.9 Å². The Labute approximate surface area is 103 Å². The van der Waals surface area contributed by atoms with Crippen molar-refractivity contribution in [2.75, 3.05) is 19.1 Å². The van der Waals surface area contributed by atoms with Crippen LogP contribution in [0.2, 0.25) is 0 Å². The molecule has 0 heterocycles. The largest absolute Gasteiger partial charge is 0.496 e. The number of hydrogen-bond donors (Lipinski definition) is 0. The summed E-state index contributed by atoms with van der Waals surface area (Å²) in [4.78, 5) is 11.5. The molecule has 1 aromatic carbocycles. The lowest BCUT2D eigenvalue weighted by atomic mass is 10.1. The Morgan fingerprint density at radius 2 is 2.27 bits per heavy atom. The van der Waals surface area contributed by atoms with E-state index >= 15 is 0 Å². The van der Waals surface area contributed by atoms with E-state index in [1.54, 1.807) is 18.9 Å². The number of Topliss-reactive ketones (excluding diaryl/α,β-unsaturated/α-hetero) is 1. The summed E-state index contributed by atoms with van der Waals surface area (Å²) in [6.45, 7) is 0. The lowest BCUT2D eigenvalue weighted by molar-refractivity contribution is -0.116. The molecule has 0 bridgehead atoms. The predicted octanol–water partition coefficient (Wildman–Crippen LogP) is 2.93. The molecule has 4 heteroatoms. The van der Waals surface area contributed by atoms with Gasteiger partial charge < -0.3 is 4.74 Å².